The average molecular weight is 714 g/mol. The average Bonchev–Trinajstić information content (AvgIpc) is 3.81. The first-order valence-electron chi connectivity index (χ1n) is 17.6. The van der Waals surface area contributed by atoms with Gasteiger partial charge in [-0.15, -0.1) is 0 Å². The van der Waals surface area contributed by atoms with Gasteiger partial charge in [-0.3, -0.25) is 28.9 Å². The summed E-state index contributed by atoms with van der Waals surface area (Å²) < 4.78 is 15.1. The van der Waals surface area contributed by atoms with Gasteiger partial charge in [0, 0.05) is 57.7 Å². The number of allylic oxidation sites excluding steroid dienone is 1. The first-order valence-corrected chi connectivity index (χ1v) is 17.6. The lowest BCUT2D eigenvalue weighted by molar-refractivity contribution is 0.0192. The Morgan fingerprint density at radius 1 is 1.06 bits per heavy atom. The monoisotopic (exact) mass is 713 g/mol. The molecule has 0 bridgehead atoms. The number of hydrogen-bond donors (Lipinski definition) is 5. The fourth-order valence-electron chi connectivity index (χ4n) is 6.96. The number of nitrogens with zero attached hydrogens (tertiary/aromatic N) is 6. The zero-order valence-electron chi connectivity index (χ0n) is 29.7. The van der Waals surface area contributed by atoms with Gasteiger partial charge in [0.05, 0.1) is 23.6 Å². The third kappa shape index (κ3) is 8.18. The van der Waals surface area contributed by atoms with Crippen molar-refractivity contribution in [2.24, 2.45) is 16.9 Å². The van der Waals surface area contributed by atoms with Crippen molar-refractivity contribution in [1.29, 1.82) is 0 Å². The van der Waals surface area contributed by atoms with Crippen LogP contribution in [-0.4, -0.2) is 92.9 Å². The third-order valence-corrected chi connectivity index (χ3v) is 9.74. The quantitative estimate of drug-likeness (QED) is 0.0684. The Hall–Kier alpha value is -5.48. The summed E-state index contributed by atoms with van der Waals surface area (Å²) in [6.07, 6.45) is 9.42. The standard InChI is InChI=1S/C36H47N11O5/c1-3-47-28(17-23(2)44-47)34(50)43-35-42-27-19-25(32(39)49)21-41-33(27)46(35)12-5-4-10-40-30-26(37)18-24(31(38)48)20-29(30)52-14-6-11-45-13-7-36(22-45)8-15-51-16-9-36/h4-5,17-21,40H,3,6-16,22,37H2,1-2H3,(H2,38,48)(H2,39,49)(H,42,43,50)/b5-4+. The number of nitrogen functional groups attached to an aromatic ring is 1. The number of benzene rings is 1. The smallest absolute Gasteiger partial charge is 0.276 e. The molecular formula is C36H47N11O5. The zero-order valence-corrected chi connectivity index (χ0v) is 29.7. The highest BCUT2D eigenvalue weighted by molar-refractivity contribution is 6.03. The summed E-state index contributed by atoms with van der Waals surface area (Å²) in [7, 11) is 0. The summed E-state index contributed by atoms with van der Waals surface area (Å²) in [5, 5.41) is 10.5. The number of carbonyl (C=O) groups is 3. The van der Waals surface area contributed by atoms with Crippen molar-refractivity contribution in [2.45, 2.75) is 52.6 Å². The highest BCUT2D eigenvalue weighted by atomic mass is 16.5. The van der Waals surface area contributed by atoms with Gasteiger partial charge in [-0.25, -0.2) is 9.97 Å². The number of nitrogens with one attached hydrogen (secondary N) is 2. The Labute approximate surface area is 301 Å². The van der Waals surface area contributed by atoms with Gasteiger partial charge in [-0.05, 0) is 75.8 Å². The molecule has 0 radical (unpaired) electrons. The number of fused-ring (bicyclic) bond motifs is 1. The molecular weight excluding hydrogens is 666 g/mol. The predicted molar refractivity (Wildman–Crippen MR) is 197 cm³/mol. The second-order valence-corrected chi connectivity index (χ2v) is 13.4. The highest BCUT2D eigenvalue weighted by Gasteiger charge is 2.38. The molecule has 1 spiro atoms. The number of ether oxygens (including phenoxy) is 2. The number of carbonyl (C=O) groups excluding carboxylic acids is 3. The van der Waals surface area contributed by atoms with Crippen molar-refractivity contribution in [3.63, 3.8) is 0 Å². The summed E-state index contributed by atoms with van der Waals surface area (Å²) in [5.74, 6) is -0.920. The van der Waals surface area contributed by atoms with Crippen LogP contribution in [-0.2, 0) is 17.8 Å². The van der Waals surface area contributed by atoms with E-state index >= 15 is 0 Å². The Bertz CT molecular complexity index is 1980. The number of nitrogens with two attached hydrogens (primary N) is 3. The van der Waals surface area contributed by atoms with Crippen LogP contribution in [0.3, 0.4) is 0 Å². The van der Waals surface area contributed by atoms with Gasteiger partial charge in [-0.1, -0.05) is 12.2 Å². The SMILES string of the molecule is CCn1nc(C)cc1C(=O)Nc1nc2cc(C(N)=O)cnc2n1C/C=C/CNc1c(N)cc(C(N)=O)cc1OCCCN1CCC2(CCOCC2)C1. The minimum absolute atomic E-state index is 0.201. The molecule has 0 unspecified atom stereocenters. The van der Waals surface area contributed by atoms with E-state index in [9.17, 15) is 14.4 Å². The molecule has 2 saturated heterocycles. The van der Waals surface area contributed by atoms with Crippen molar-refractivity contribution in [3.8, 4) is 5.75 Å². The Kier molecular flexibility index (Phi) is 11.0. The molecule has 1 aromatic carbocycles. The van der Waals surface area contributed by atoms with E-state index in [2.05, 4.69) is 30.6 Å². The second-order valence-electron chi connectivity index (χ2n) is 13.4. The molecule has 8 N–H and O–H groups in total. The van der Waals surface area contributed by atoms with Crippen LogP contribution in [0.5, 0.6) is 5.75 Å². The Morgan fingerprint density at radius 2 is 1.85 bits per heavy atom. The summed E-state index contributed by atoms with van der Waals surface area (Å²) in [6.45, 7) is 10.1. The number of likely N-dealkylation sites (tertiary alicyclic amines) is 1. The normalized spacial score (nSPS) is 15.8. The lowest BCUT2D eigenvalue weighted by Crippen LogP contribution is -2.33. The van der Waals surface area contributed by atoms with Gasteiger partial charge >= 0.3 is 0 Å². The van der Waals surface area contributed by atoms with E-state index in [0.717, 1.165) is 52.1 Å². The van der Waals surface area contributed by atoms with Crippen LogP contribution in [0.1, 0.15) is 69.5 Å². The fraction of sp³-hybridized carbons (Fsp3) is 0.444. The van der Waals surface area contributed by atoms with Crippen LogP contribution in [0.4, 0.5) is 17.3 Å². The van der Waals surface area contributed by atoms with E-state index in [1.807, 2.05) is 26.0 Å². The number of imidazole rings is 1. The summed E-state index contributed by atoms with van der Waals surface area (Å²) in [5.41, 5.74) is 21.1. The molecule has 2 aliphatic heterocycles. The molecule has 276 valence electrons. The summed E-state index contributed by atoms with van der Waals surface area (Å²) >= 11 is 0. The van der Waals surface area contributed by atoms with Gasteiger partial charge in [0.15, 0.2) is 5.65 Å². The largest absolute Gasteiger partial charge is 0.491 e. The second kappa shape index (κ2) is 15.8. The molecule has 52 heavy (non-hydrogen) atoms. The van der Waals surface area contributed by atoms with Crippen LogP contribution in [0.15, 0.2) is 42.6 Å². The number of pyridine rings is 1. The Morgan fingerprint density at radius 3 is 2.60 bits per heavy atom. The number of anilines is 3. The topological polar surface area (TPSA) is 224 Å². The summed E-state index contributed by atoms with van der Waals surface area (Å²) in [4.78, 5) is 48.6. The number of amides is 3. The number of hydrogen-bond acceptors (Lipinski definition) is 11. The molecule has 5 heterocycles. The van der Waals surface area contributed by atoms with E-state index in [-0.39, 0.29) is 29.5 Å². The molecule has 2 fully saturated rings. The molecule has 16 nitrogen and oxygen atoms in total. The van der Waals surface area contributed by atoms with Gasteiger partial charge < -0.3 is 36.9 Å². The van der Waals surface area contributed by atoms with Crippen LogP contribution in [0.2, 0.25) is 0 Å². The van der Waals surface area contributed by atoms with E-state index in [0.29, 0.717) is 64.8 Å². The lowest BCUT2D eigenvalue weighted by atomic mass is 9.80. The van der Waals surface area contributed by atoms with Crippen molar-refractivity contribution in [3.05, 3.63) is 65.1 Å². The molecule has 0 atom stereocenters. The zero-order chi connectivity index (χ0) is 36.8. The fourth-order valence-corrected chi connectivity index (χ4v) is 6.96. The van der Waals surface area contributed by atoms with Crippen LogP contribution >= 0.6 is 0 Å². The van der Waals surface area contributed by atoms with E-state index in [1.165, 1.54) is 24.8 Å². The predicted octanol–water partition coefficient (Wildman–Crippen LogP) is 2.93. The van der Waals surface area contributed by atoms with Crippen molar-refractivity contribution in [1.82, 2.24) is 29.2 Å². The van der Waals surface area contributed by atoms with Crippen LogP contribution < -0.4 is 32.6 Å². The minimum Gasteiger partial charge on any atom is -0.491 e. The van der Waals surface area contributed by atoms with Crippen LogP contribution in [0.25, 0.3) is 11.2 Å². The molecule has 2 aliphatic rings. The summed E-state index contributed by atoms with van der Waals surface area (Å²) in [6, 6.07) is 6.39. The molecule has 0 aliphatic carbocycles. The molecule has 0 saturated carbocycles. The van der Waals surface area contributed by atoms with E-state index in [4.69, 9.17) is 26.7 Å². The number of rotatable bonds is 15. The third-order valence-electron chi connectivity index (χ3n) is 9.74. The van der Waals surface area contributed by atoms with E-state index in [1.54, 1.807) is 21.4 Å². The first-order chi connectivity index (χ1) is 25.1. The molecule has 16 heteroatoms. The molecule has 4 aromatic rings. The minimum atomic E-state index is -0.635. The maximum atomic E-state index is 13.3. The number of primary amides is 2. The van der Waals surface area contributed by atoms with Crippen molar-refractivity contribution >= 4 is 46.2 Å². The van der Waals surface area contributed by atoms with Crippen molar-refractivity contribution < 1.29 is 23.9 Å². The highest BCUT2D eigenvalue weighted by Crippen LogP contribution is 2.39. The van der Waals surface area contributed by atoms with Gasteiger partial charge in [-0.2, -0.15) is 5.10 Å². The van der Waals surface area contributed by atoms with E-state index < -0.39 is 11.8 Å². The van der Waals surface area contributed by atoms with Gasteiger partial charge in [0.2, 0.25) is 17.8 Å². The van der Waals surface area contributed by atoms with Crippen molar-refractivity contribution in [2.75, 3.05) is 62.4 Å². The number of aromatic nitrogens is 5. The molecule has 3 amide bonds. The van der Waals surface area contributed by atoms with Gasteiger partial charge in [0.1, 0.15) is 22.6 Å². The van der Waals surface area contributed by atoms with Crippen LogP contribution in [0, 0.1) is 12.3 Å². The maximum Gasteiger partial charge on any atom is 0.276 e. The number of aryl methyl sites for hydroxylation is 2. The van der Waals surface area contributed by atoms with Gasteiger partial charge in [0.25, 0.3) is 5.91 Å². The maximum absolute atomic E-state index is 13.3. The molecule has 6 rings (SSSR count). The Balaban J connectivity index is 1.12. The first kappa shape index (κ1) is 36.3. The molecule has 3 aromatic heterocycles. The lowest BCUT2D eigenvalue weighted by Gasteiger charge is -2.33.